The van der Waals surface area contributed by atoms with E-state index in [1.165, 1.54) is 0 Å². The monoisotopic (exact) mass is 220 g/mol. The van der Waals surface area contributed by atoms with Crippen molar-refractivity contribution in [2.45, 2.75) is 11.5 Å². The largest absolute Gasteiger partial charge is 0.375 e. The average molecular weight is 220 g/mol. The maximum atomic E-state index is 5.30. The molecule has 14 heavy (non-hydrogen) atoms. The Kier molecular flexibility index (Phi) is 7.03. The summed E-state index contributed by atoms with van der Waals surface area (Å²) in [6, 6.07) is 0. The van der Waals surface area contributed by atoms with Crippen molar-refractivity contribution in [2.75, 3.05) is 34.5 Å². The van der Waals surface area contributed by atoms with Gasteiger partial charge in [-0.15, -0.1) is 6.58 Å². The molecule has 0 rings (SSSR count). The Morgan fingerprint density at radius 3 is 2.29 bits per heavy atom. The van der Waals surface area contributed by atoms with Gasteiger partial charge in [-0.1, -0.05) is 6.08 Å². The predicted molar refractivity (Wildman–Crippen MR) is 58.5 cm³/mol. The third kappa shape index (κ3) is 3.89. The highest BCUT2D eigenvalue weighted by atomic mass is 28.1. The molecule has 0 spiro atoms. The Bertz CT molecular complexity index is 159. The van der Waals surface area contributed by atoms with E-state index >= 15 is 0 Å². The van der Waals surface area contributed by atoms with Crippen LogP contribution in [0.25, 0.3) is 0 Å². The Morgan fingerprint density at radius 1 is 1.36 bits per heavy atom. The average Bonchev–Trinajstić information content (AvgIpc) is 2.23. The third-order valence-corrected chi connectivity index (χ3v) is 3.65. The van der Waals surface area contributed by atoms with Crippen molar-refractivity contribution < 1.29 is 18.9 Å². The van der Waals surface area contributed by atoms with Crippen molar-refractivity contribution in [2.24, 2.45) is 0 Å². The van der Waals surface area contributed by atoms with Gasteiger partial charge in [0.05, 0.1) is 23.5 Å². The van der Waals surface area contributed by atoms with Gasteiger partial charge in [-0.3, -0.25) is 0 Å². The van der Waals surface area contributed by atoms with Gasteiger partial charge in [0.1, 0.15) is 6.10 Å². The normalized spacial score (nSPS) is 14.2. The van der Waals surface area contributed by atoms with Crippen LogP contribution >= 0.6 is 0 Å². The molecule has 0 bridgehead atoms. The van der Waals surface area contributed by atoms with E-state index in [1.807, 2.05) is 0 Å². The van der Waals surface area contributed by atoms with Crippen LogP contribution in [0, 0.1) is 0 Å². The summed E-state index contributed by atoms with van der Waals surface area (Å²) in [4.78, 5) is 0. The van der Waals surface area contributed by atoms with E-state index in [2.05, 4.69) is 6.58 Å². The zero-order valence-corrected chi connectivity index (χ0v) is 11.4. The topological polar surface area (TPSA) is 36.9 Å². The minimum absolute atomic E-state index is 0.205. The lowest BCUT2D eigenvalue weighted by Gasteiger charge is -2.34. The summed E-state index contributed by atoms with van der Waals surface area (Å²) in [5, 5.41) is 0. The molecule has 0 saturated heterocycles. The zero-order chi connectivity index (χ0) is 11.0. The van der Waals surface area contributed by atoms with Gasteiger partial charge in [0.2, 0.25) is 0 Å². The minimum atomic E-state index is -0.643. The van der Waals surface area contributed by atoms with E-state index in [1.54, 1.807) is 27.4 Å². The van der Waals surface area contributed by atoms with Gasteiger partial charge in [-0.05, 0) is 0 Å². The molecule has 4 nitrogen and oxygen atoms in total. The Hall–Kier alpha value is -0.203. The van der Waals surface area contributed by atoms with Gasteiger partial charge < -0.3 is 18.9 Å². The molecule has 1 unspecified atom stereocenters. The summed E-state index contributed by atoms with van der Waals surface area (Å²) in [6.45, 7) is 4.51. The van der Waals surface area contributed by atoms with E-state index in [0.29, 0.717) is 23.5 Å². The number of rotatable bonds is 8. The maximum Gasteiger partial charge on any atom is 0.168 e. The summed E-state index contributed by atoms with van der Waals surface area (Å²) < 4.78 is 21.1. The fraction of sp³-hybridized carbons (Fsp3) is 0.778. The second-order valence-corrected chi connectivity index (χ2v) is 4.37. The molecule has 0 radical (unpaired) electrons. The van der Waals surface area contributed by atoms with Gasteiger partial charge in [0.25, 0.3) is 0 Å². The highest BCUT2D eigenvalue weighted by Crippen LogP contribution is 2.15. The highest BCUT2D eigenvalue weighted by molar-refractivity contribution is 6.13. The molecule has 5 heteroatoms. The summed E-state index contributed by atoms with van der Waals surface area (Å²) in [7, 11) is 5.54. The number of ether oxygens (including phenoxy) is 4. The lowest BCUT2D eigenvalue weighted by atomic mass is 10.3. The van der Waals surface area contributed by atoms with Crippen molar-refractivity contribution in [3.63, 3.8) is 0 Å². The SMILES string of the molecule is C=CCOCC(OC)C([SiH3])(OC)OC. The van der Waals surface area contributed by atoms with Gasteiger partial charge >= 0.3 is 0 Å². The second kappa shape index (κ2) is 7.14. The molecule has 0 aliphatic heterocycles. The first-order valence-corrected chi connectivity index (χ1v) is 5.46. The molecule has 0 aromatic rings. The van der Waals surface area contributed by atoms with Crippen LogP contribution in [0.5, 0.6) is 0 Å². The van der Waals surface area contributed by atoms with Crippen molar-refractivity contribution in [3.05, 3.63) is 12.7 Å². The quantitative estimate of drug-likeness (QED) is 0.239. The van der Waals surface area contributed by atoms with E-state index in [4.69, 9.17) is 18.9 Å². The first kappa shape index (κ1) is 13.8. The molecular weight excluding hydrogens is 200 g/mol. The molecule has 0 aromatic heterocycles. The van der Waals surface area contributed by atoms with Crippen LogP contribution in [0.15, 0.2) is 12.7 Å². The number of hydrogen-bond acceptors (Lipinski definition) is 4. The highest BCUT2D eigenvalue weighted by Gasteiger charge is 2.34. The smallest absolute Gasteiger partial charge is 0.168 e. The molecule has 0 aliphatic carbocycles. The van der Waals surface area contributed by atoms with Crippen LogP contribution < -0.4 is 0 Å². The number of methoxy groups -OCH3 is 3. The molecule has 0 N–H and O–H groups in total. The standard InChI is InChI=1S/C9H20O4Si/c1-5-6-13-7-8(10-2)9(14,11-3)12-4/h5,8H,1,6-7H2,2-4,14H3. The molecule has 0 aromatic carbocycles. The molecule has 84 valence electrons. The van der Waals surface area contributed by atoms with E-state index < -0.39 is 5.41 Å². The maximum absolute atomic E-state index is 5.30. The Labute approximate surface area is 88.6 Å². The summed E-state index contributed by atoms with van der Waals surface area (Å²) in [5.74, 6) is 0. The van der Waals surface area contributed by atoms with Gasteiger partial charge in [-0.25, -0.2) is 0 Å². The minimum Gasteiger partial charge on any atom is -0.375 e. The Balaban J connectivity index is 4.14. The Morgan fingerprint density at radius 2 is 1.93 bits per heavy atom. The van der Waals surface area contributed by atoms with Crippen LogP contribution in [-0.2, 0) is 18.9 Å². The molecular formula is C9H20O4Si. The second-order valence-electron chi connectivity index (χ2n) is 2.97. The van der Waals surface area contributed by atoms with Gasteiger partial charge in [0, 0.05) is 21.3 Å². The lowest BCUT2D eigenvalue weighted by molar-refractivity contribution is -0.219. The molecule has 1 atom stereocenters. The van der Waals surface area contributed by atoms with Crippen molar-refractivity contribution >= 4 is 10.2 Å². The first-order chi connectivity index (χ1) is 6.64. The van der Waals surface area contributed by atoms with Gasteiger partial charge in [-0.2, -0.15) is 0 Å². The van der Waals surface area contributed by atoms with E-state index in [-0.39, 0.29) is 6.10 Å². The van der Waals surface area contributed by atoms with Crippen LogP contribution in [0.1, 0.15) is 0 Å². The molecule has 0 aliphatic rings. The zero-order valence-electron chi connectivity index (χ0n) is 9.41. The number of hydrogen-bond donors (Lipinski definition) is 0. The molecule has 0 heterocycles. The van der Waals surface area contributed by atoms with Crippen LogP contribution in [0.4, 0.5) is 0 Å². The third-order valence-electron chi connectivity index (χ3n) is 2.18. The summed E-state index contributed by atoms with van der Waals surface area (Å²) >= 11 is 0. The van der Waals surface area contributed by atoms with E-state index in [9.17, 15) is 0 Å². The molecule has 0 amide bonds. The lowest BCUT2D eigenvalue weighted by Crippen LogP contribution is -2.50. The van der Waals surface area contributed by atoms with Crippen LogP contribution in [0.3, 0.4) is 0 Å². The fourth-order valence-electron chi connectivity index (χ4n) is 1.04. The fourth-order valence-corrected chi connectivity index (χ4v) is 1.44. The first-order valence-electron chi connectivity index (χ1n) is 4.46. The van der Waals surface area contributed by atoms with Gasteiger partial charge in [0.15, 0.2) is 5.41 Å². The molecule has 0 fully saturated rings. The summed E-state index contributed by atoms with van der Waals surface area (Å²) in [5.41, 5.74) is -0.643. The van der Waals surface area contributed by atoms with Crippen molar-refractivity contribution in [3.8, 4) is 0 Å². The van der Waals surface area contributed by atoms with E-state index in [0.717, 1.165) is 0 Å². The van der Waals surface area contributed by atoms with Crippen LogP contribution in [0.2, 0.25) is 0 Å². The van der Waals surface area contributed by atoms with Crippen molar-refractivity contribution in [1.29, 1.82) is 0 Å². The van der Waals surface area contributed by atoms with Crippen molar-refractivity contribution in [1.82, 2.24) is 0 Å². The van der Waals surface area contributed by atoms with Crippen LogP contribution in [-0.4, -0.2) is 56.3 Å². The molecule has 0 saturated carbocycles. The predicted octanol–water partition coefficient (Wildman–Crippen LogP) is -0.484. The summed E-state index contributed by atoms with van der Waals surface area (Å²) in [6.07, 6.45) is 1.49.